The lowest BCUT2D eigenvalue weighted by Crippen LogP contribution is -2.30. The van der Waals surface area contributed by atoms with E-state index in [1.54, 1.807) is 7.11 Å². The Labute approximate surface area is 183 Å². The van der Waals surface area contributed by atoms with Gasteiger partial charge in [-0.2, -0.15) is 4.99 Å². The molecule has 0 aliphatic carbocycles. The molecule has 0 unspecified atom stereocenters. The van der Waals surface area contributed by atoms with E-state index in [1.807, 2.05) is 52.8 Å². The molecule has 1 aliphatic rings. The Morgan fingerprint density at radius 3 is 2.83 bits per heavy atom. The van der Waals surface area contributed by atoms with Crippen LogP contribution in [-0.4, -0.2) is 41.5 Å². The number of hydrogen-bond acceptors (Lipinski definition) is 5. The van der Waals surface area contributed by atoms with E-state index in [0.717, 1.165) is 34.6 Å². The fourth-order valence-electron chi connectivity index (χ4n) is 3.61. The first kappa shape index (κ1) is 20.7. The quantitative estimate of drug-likeness (QED) is 0.588. The Hall–Kier alpha value is -2.58. The standard InChI is InChI=1S/C22H23N3O3S2/c1-3-24-18-9-8-16(28-2)12-19(18)30-22(24)23-20(26)13-29-14-21(27)25-11-10-15-6-4-5-7-17(15)25/h4-9,12H,3,10-11,13-14H2,1-2H3. The van der Waals surface area contributed by atoms with Gasteiger partial charge in [-0.25, -0.2) is 0 Å². The summed E-state index contributed by atoms with van der Waals surface area (Å²) in [7, 11) is 1.64. The summed E-state index contributed by atoms with van der Waals surface area (Å²) in [5.41, 5.74) is 3.22. The summed E-state index contributed by atoms with van der Waals surface area (Å²) in [6.45, 7) is 3.46. The number of amides is 2. The zero-order valence-corrected chi connectivity index (χ0v) is 18.6. The molecule has 3 aromatic rings. The van der Waals surface area contributed by atoms with Crippen LogP contribution in [0.1, 0.15) is 12.5 Å². The fourth-order valence-corrected chi connectivity index (χ4v) is 5.42. The molecule has 0 bridgehead atoms. The van der Waals surface area contributed by atoms with Crippen molar-refractivity contribution in [1.82, 2.24) is 4.57 Å². The number of carbonyl (C=O) groups excluding carboxylic acids is 2. The smallest absolute Gasteiger partial charge is 0.258 e. The van der Waals surface area contributed by atoms with E-state index in [1.165, 1.54) is 28.7 Å². The molecular weight excluding hydrogens is 418 g/mol. The maximum absolute atomic E-state index is 12.6. The van der Waals surface area contributed by atoms with Crippen molar-refractivity contribution in [2.24, 2.45) is 4.99 Å². The van der Waals surface area contributed by atoms with Crippen LogP contribution in [0.25, 0.3) is 10.2 Å². The number of ether oxygens (including phenoxy) is 1. The molecule has 0 spiro atoms. The number of hydrogen-bond donors (Lipinski definition) is 0. The fraction of sp³-hybridized carbons (Fsp3) is 0.318. The molecule has 8 heteroatoms. The normalized spacial score (nSPS) is 13.7. The molecule has 2 aromatic carbocycles. The highest BCUT2D eigenvalue weighted by molar-refractivity contribution is 8.00. The highest BCUT2D eigenvalue weighted by Gasteiger charge is 2.23. The molecule has 30 heavy (non-hydrogen) atoms. The van der Waals surface area contributed by atoms with Crippen molar-refractivity contribution in [3.8, 4) is 5.75 Å². The molecule has 2 heterocycles. The molecule has 0 saturated carbocycles. The number of benzene rings is 2. The minimum absolute atomic E-state index is 0.0373. The molecule has 0 atom stereocenters. The van der Waals surface area contributed by atoms with E-state index in [0.29, 0.717) is 11.3 Å². The van der Waals surface area contributed by atoms with E-state index in [-0.39, 0.29) is 23.3 Å². The average Bonchev–Trinajstić information content (AvgIpc) is 3.33. The van der Waals surface area contributed by atoms with Gasteiger partial charge < -0.3 is 14.2 Å². The number of aryl methyl sites for hydroxylation is 1. The van der Waals surface area contributed by atoms with Crippen molar-refractivity contribution in [2.75, 3.05) is 30.1 Å². The van der Waals surface area contributed by atoms with Gasteiger partial charge in [-0.15, -0.1) is 11.8 Å². The average molecular weight is 442 g/mol. The number of nitrogens with zero attached hydrogens (tertiary/aromatic N) is 3. The number of thioether (sulfide) groups is 1. The van der Waals surface area contributed by atoms with Crippen LogP contribution in [0.2, 0.25) is 0 Å². The number of methoxy groups -OCH3 is 1. The summed E-state index contributed by atoms with van der Waals surface area (Å²) in [4.78, 5) is 31.8. The first-order chi connectivity index (χ1) is 14.6. The van der Waals surface area contributed by atoms with Crippen LogP contribution in [0.4, 0.5) is 5.69 Å². The van der Waals surface area contributed by atoms with E-state index in [4.69, 9.17) is 4.74 Å². The van der Waals surface area contributed by atoms with E-state index >= 15 is 0 Å². The van der Waals surface area contributed by atoms with Gasteiger partial charge in [0.2, 0.25) is 5.91 Å². The third kappa shape index (κ3) is 4.15. The minimum Gasteiger partial charge on any atom is -0.497 e. The molecule has 2 amide bonds. The molecular formula is C22H23N3O3S2. The number of anilines is 1. The Balaban J connectivity index is 1.41. The lowest BCUT2D eigenvalue weighted by molar-refractivity contribution is -0.116. The molecule has 0 radical (unpaired) electrons. The Morgan fingerprint density at radius 2 is 2.03 bits per heavy atom. The number of para-hydroxylation sites is 1. The van der Waals surface area contributed by atoms with Crippen molar-refractivity contribution in [3.63, 3.8) is 0 Å². The topological polar surface area (TPSA) is 63.9 Å². The van der Waals surface area contributed by atoms with E-state index < -0.39 is 0 Å². The second-order valence-electron chi connectivity index (χ2n) is 6.88. The lowest BCUT2D eigenvalue weighted by Gasteiger charge is -2.16. The van der Waals surface area contributed by atoms with Crippen LogP contribution in [-0.2, 0) is 22.6 Å². The Morgan fingerprint density at radius 1 is 1.20 bits per heavy atom. The minimum atomic E-state index is -0.227. The molecule has 0 saturated heterocycles. The number of fused-ring (bicyclic) bond motifs is 2. The molecule has 1 aromatic heterocycles. The van der Waals surface area contributed by atoms with Gasteiger partial charge in [0.15, 0.2) is 4.80 Å². The second kappa shape index (κ2) is 9.06. The third-order valence-electron chi connectivity index (χ3n) is 5.07. The zero-order chi connectivity index (χ0) is 21.1. The van der Waals surface area contributed by atoms with E-state index in [2.05, 4.69) is 11.1 Å². The van der Waals surface area contributed by atoms with E-state index in [9.17, 15) is 9.59 Å². The monoisotopic (exact) mass is 441 g/mol. The first-order valence-corrected chi connectivity index (χ1v) is 11.8. The summed E-state index contributed by atoms with van der Waals surface area (Å²) < 4.78 is 8.33. The predicted octanol–water partition coefficient (Wildman–Crippen LogP) is 3.48. The molecule has 4 rings (SSSR count). The van der Waals surface area contributed by atoms with Gasteiger partial charge in [-0.1, -0.05) is 29.5 Å². The van der Waals surface area contributed by atoms with Gasteiger partial charge in [-0.3, -0.25) is 9.59 Å². The maximum Gasteiger partial charge on any atom is 0.258 e. The second-order valence-corrected chi connectivity index (χ2v) is 8.88. The highest BCUT2D eigenvalue weighted by Crippen LogP contribution is 2.28. The summed E-state index contributed by atoms with van der Waals surface area (Å²) in [5, 5.41) is 0. The predicted molar refractivity (Wildman–Crippen MR) is 122 cm³/mol. The zero-order valence-electron chi connectivity index (χ0n) is 17.0. The van der Waals surface area contributed by atoms with Gasteiger partial charge in [0.25, 0.3) is 5.91 Å². The SMILES string of the molecule is CCn1c(=NC(=O)CSCC(=O)N2CCc3ccccc32)sc2cc(OC)ccc21. The first-order valence-electron chi connectivity index (χ1n) is 9.81. The van der Waals surface area contributed by atoms with Crippen molar-refractivity contribution < 1.29 is 14.3 Å². The van der Waals surface area contributed by atoms with Crippen molar-refractivity contribution in [3.05, 3.63) is 52.8 Å². The number of thiazole rings is 1. The summed E-state index contributed by atoms with van der Waals surface area (Å²) >= 11 is 2.79. The van der Waals surface area contributed by atoms with Crippen LogP contribution < -0.4 is 14.4 Å². The lowest BCUT2D eigenvalue weighted by atomic mass is 10.2. The third-order valence-corrected chi connectivity index (χ3v) is 7.01. The number of carbonyl (C=O) groups is 2. The summed E-state index contributed by atoms with van der Waals surface area (Å²) in [5.74, 6) is 1.04. The number of aromatic nitrogens is 1. The molecule has 156 valence electrons. The Bertz CT molecular complexity index is 1170. The van der Waals surface area contributed by atoms with Crippen molar-refractivity contribution in [2.45, 2.75) is 19.9 Å². The number of rotatable bonds is 6. The van der Waals surface area contributed by atoms with Crippen LogP contribution >= 0.6 is 23.1 Å². The van der Waals surface area contributed by atoms with Gasteiger partial charge in [0.1, 0.15) is 5.75 Å². The molecule has 0 fully saturated rings. The van der Waals surface area contributed by atoms with Crippen molar-refractivity contribution >= 4 is 50.8 Å². The van der Waals surface area contributed by atoms with Gasteiger partial charge in [0.05, 0.1) is 28.8 Å². The molecule has 1 aliphatic heterocycles. The molecule has 0 N–H and O–H groups in total. The highest BCUT2D eigenvalue weighted by atomic mass is 32.2. The summed E-state index contributed by atoms with van der Waals surface area (Å²) in [6, 6.07) is 13.8. The van der Waals surface area contributed by atoms with Gasteiger partial charge in [-0.05, 0) is 43.2 Å². The largest absolute Gasteiger partial charge is 0.497 e. The van der Waals surface area contributed by atoms with Crippen LogP contribution in [0.5, 0.6) is 5.75 Å². The van der Waals surface area contributed by atoms with Gasteiger partial charge >= 0.3 is 0 Å². The van der Waals surface area contributed by atoms with Crippen LogP contribution in [0, 0.1) is 0 Å². The summed E-state index contributed by atoms with van der Waals surface area (Å²) in [6.07, 6.45) is 0.884. The van der Waals surface area contributed by atoms with Crippen LogP contribution in [0.15, 0.2) is 47.5 Å². The Kier molecular flexibility index (Phi) is 6.24. The maximum atomic E-state index is 12.6. The van der Waals surface area contributed by atoms with Crippen molar-refractivity contribution in [1.29, 1.82) is 0 Å². The van der Waals surface area contributed by atoms with Crippen LogP contribution in [0.3, 0.4) is 0 Å². The van der Waals surface area contributed by atoms with Gasteiger partial charge in [0, 0.05) is 18.8 Å². The molecule has 6 nitrogen and oxygen atoms in total.